The van der Waals surface area contributed by atoms with E-state index in [4.69, 9.17) is 9.47 Å². The van der Waals surface area contributed by atoms with Crippen LogP contribution in [0.5, 0.6) is 10.8 Å². The van der Waals surface area contributed by atoms with Crippen molar-refractivity contribution in [1.82, 2.24) is 8.75 Å². The molecule has 2 aromatic carbocycles. The third-order valence-electron chi connectivity index (χ3n) is 5.08. The third-order valence-corrected chi connectivity index (χ3v) is 6.68. The molecule has 0 aliphatic carbocycles. The molecule has 2 heterocycles. The maximum absolute atomic E-state index is 14.7. The van der Waals surface area contributed by atoms with Crippen molar-refractivity contribution in [1.29, 1.82) is 0 Å². The van der Waals surface area contributed by atoms with Gasteiger partial charge in [-0.25, -0.2) is 9.18 Å². The number of hydrogen-bond acceptors (Lipinski definition) is 8. The first-order valence-electron chi connectivity index (χ1n) is 10.6. The Morgan fingerprint density at radius 3 is 2.43 bits per heavy atom. The average molecular weight is 513 g/mol. The molecule has 0 fully saturated rings. The number of nitrogens with zero attached hydrogens (tertiary/aromatic N) is 2. The van der Waals surface area contributed by atoms with Crippen molar-refractivity contribution in [3.8, 4) is 10.8 Å². The SMILES string of the molecule is COc1ccc(CC(C(=O)c2ccc(OC(C)C)c(F)c2)=C(C(=O)O)c2ccc3nsnc3c2)s1. The summed E-state index contributed by atoms with van der Waals surface area (Å²) in [5.41, 5.74) is 1.32. The maximum Gasteiger partial charge on any atom is 0.336 e. The summed E-state index contributed by atoms with van der Waals surface area (Å²) < 4.78 is 33.7. The second-order valence-electron chi connectivity index (χ2n) is 7.87. The van der Waals surface area contributed by atoms with Gasteiger partial charge in [0.15, 0.2) is 22.4 Å². The first-order valence-corrected chi connectivity index (χ1v) is 12.1. The van der Waals surface area contributed by atoms with E-state index in [0.717, 1.165) is 22.7 Å². The van der Waals surface area contributed by atoms with Crippen LogP contribution in [0, 0.1) is 5.82 Å². The normalized spacial score (nSPS) is 12.0. The Kier molecular flexibility index (Phi) is 7.23. The zero-order chi connectivity index (χ0) is 25.1. The number of fused-ring (bicyclic) bond motifs is 1. The van der Waals surface area contributed by atoms with Gasteiger partial charge in [-0.3, -0.25) is 4.79 Å². The molecule has 0 unspecified atom stereocenters. The molecule has 0 saturated heterocycles. The Hall–Kier alpha value is -3.63. The molecule has 7 nitrogen and oxygen atoms in total. The van der Waals surface area contributed by atoms with E-state index in [1.165, 1.54) is 30.6 Å². The zero-order valence-corrected chi connectivity index (χ0v) is 20.7. The summed E-state index contributed by atoms with van der Waals surface area (Å²) in [7, 11) is 1.53. The number of ketones is 1. The van der Waals surface area contributed by atoms with E-state index in [0.29, 0.717) is 21.7 Å². The quantitative estimate of drug-likeness (QED) is 0.228. The highest BCUT2D eigenvalue weighted by atomic mass is 32.1. The number of aliphatic carboxylic acids is 1. The van der Waals surface area contributed by atoms with Crippen molar-refractivity contribution in [2.24, 2.45) is 0 Å². The molecule has 4 rings (SSSR count). The smallest absolute Gasteiger partial charge is 0.336 e. The lowest BCUT2D eigenvalue weighted by Crippen LogP contribution is -2.14. The van der Waals surface area contributed by atoms with Gasteiger partial charge < -0.3 is 14.6 Å². The van der Waals surface area contributed by atoms with Crippen molar-refractivity contribution < 1.29 is 28.6 Å². The highest BCUT2D eigenvalue weighted by molar-refractivity contribution is 7.13. The number of Topliss-reactive ketones (excluding diaryl/α,β-unsaturated/α-hetero) is 1. The molecular weight excluding hydrogens is 491 g/mol. The largest absolute Gasteiger partial charge is 0.488 e. The van der Waals surface area contributed by atoms with Gasteiger partial charge in [-0.15, -0.1) is 11.3 Å². The van der Waals surface area contributed by atoms with Crippen LogP contribution >= 0.6 is 23.1 Å². The lowest BCUT2D eigenvalue weighted by atomic mass is 9.91. The minimum absolute atomic E-state index is 0.0152. The summed E-state index contributed by atoms with van der Waals surface area (Å²) in [6.07, 6.45) is -0.225. The Labute approximate surface area is 208 Å². The Morgan fingerprint density at radius 1 is 1.03 bits per heavy atom. The van der Waals surface area contributed by atoms with E-state index in [2.05, 4.69) is 8.75 Å². The van der Waals surface area contributed by atoms with E-state index in [-0.39, 0.29) is 35.0 Å². The summed E-state index contributed by atoms with van der Waals surface area (Å²) in [4.78, 5) is 26.9. The van der Waals surface area contributed by atoms with Crippen LogP contribution in [0.25, 0.3) is 16.6 Å². The summed E-state index contributed by atoms with van der Waals surface area (Å²) in [5, 5.41) is 10.8. The minimum atomic E-state index is -1.28. The topological polar surface area (TPSA) is 98.6 Å². The molecule has 0 saturated carbocycles. The van der Waals surface area contributed by atoms with Crippen LogP contribution < -0.4 is 9.47 Å². The van der Waals surface area contributed by atoms with Crippen LogP contribution in [0.2, 0.25) is 0 Å². The lowest BCUT2D eigenvalue weighted by molar-refractivity contribution is -0.130. The molecule has 0 aliphatic heterocycles. The molecule has 4 aromatic rings. The van der Waals surface area contributed by atoms with Gasteiger partial charge in [0.1, 0.15) is 11.0 Å². The number of methoxy groups -OCH3 is 1. The van der Waals surface area contributed by atoms with E-state index in [1.807, 2.05) is 0 Å². The van der Waals surface area contributed by atoms with E-state index < -0.39 is 17.6 Å². The van der Waals surface area contributed by atoms with Gasteiger partial charge in [-0.2, -0.15) is 8.75 Å². The second kappa shape index (κ2) is 10.3. The van der Waals surface area contributed by atoms with Gasteiger partial charge in [0.25, 0.3) is 0 Å². The Morgan fingerprint density at radius 2 is 1.77 bits per heavy atom. The fourth-order valence-electron chi connectivity index (χ4n) is 3.55. The molecule has 0 atom stereocenters. The van der Waals surface area contributed by atoms with Crippen molar-refractivity contribution in [3.05, 3.63) is 75.9 Å². The predicted octanol–water partition coefficient (Wildman–Crippen LogP) is 5.65. The number of carbonyl (C=O) groups excluding carboxylic acids is 1. The summed E-state index contributed by atoms with van der Waals surface area (Å²) in [5.74, 6) is -2.56. The van der Waals surface area contributed by atoms with Crippen LogP contribution in [-0.4, -0.2) is 38.8 Å². The number of carbonyl (C=O) groups is 2. The van der Waals surface area contributed by atoms with Crippen LogP contribution in [-0.2, 0) is 11.2 Å². The van der Waals surface area contributed by atoms with Crippen LogP contribution in [0.3, 0.4) is 0 Å². The molecule has 35 heavy (non-hydrogen) atoms. The van der Waals surface area contributed by atoms with Crippen molar-refractivity contribution in [3.63, 3.8) is 0 Å². The van der Waals surface area contributed by atoms with Gasteiger partial charge in [0.2, 0.25) is 0 Å². The van der Waals surface area contributed by atoms with E-state index in [9.17, 15) is 19.1 Å². The average Bonchev–Trinajstić information content (AvgIpc) is 3.48. The number of thiophene rings is 1. The second-order valence-corrected chi connectivity index (χ2v) is 9.53. The van der Waals surface area contributed by atoms with Crippen molar-refractivity contribution in [2.75, 3.05) is 7.11 Å². The number of carboxylic acids is 1. The van der Waals surface area contributed by atoms with Crippen molar-refractivity contribution >= 4 is 51.4 Å². The molecule has 0 spiro atoms. The predicted molar refractivity (Wildman–Crippen MR) is 133 cm³/mol. The molecule has 0 bridgehead atoms. The number of benzene rings is 2. The molecular formula is C25H21FN2O5S2. The van der Waals surface area contributed by atoms with Gasteiger partial charge in [-0.05, 0) is 61.9 Å². The summed E-state index contributed by atoms with van der Waals surface area (Å²) in [6.45, 7) is 3.53. The fraction of sp³-hybridized carbons (Fsp3) is 0.200. The first kappa shape index (κ1) is 24.5. The van der Waals surface area contributed by atoms with Gasteiger partial charge >= 0.3 is 5.97 Å². The van der Waals surface area contributed by atoms with Gasteiger partial charge in [0, 0.05) is 22.4 Å². The summed E-state index contributed by atoms with van der Waals surface area (Å²) in [6, 6.07) is 12.2. The first-order chi connectivity index (χ1) is 16.8. The standard InChI is InChI=1S/C25H21FN2O5S2/c1-13(2)33-21-8-5-15(10-18(21)26)24(29)17(12-16-6-9-22(32-3)34-16)23(25(30)31)14-4-7-19-20(11-14)28-35-27-19/h4-11,13H,12H2,1-3H3,(H,30,31). The molecule has 180 valence electrons. The van der Waals surface area contributed by atoms with E-state index >= 15 is 0 Å². The maximum atomic E-state index is 14.7. The molecule has 0 amide bonds. The van der Waals surface area contributed by atoms with Gasteiger partial charge in [-0.1, -0.05) is 6.07 Å². The van der Waals surface area contributed by atoms with Crippen LogP contribution in [0.1, 0.15) is 34.6 Å². The van der Waals surface area contributed by atoms with Crippen LogP contribution in [0.4, 0.5) is 4.39 Å². The number of rotatable bonds is 9. The molecule has 10 heteroatoms. The zero-order valence-electron chi connectivity index (χ0n) is 19.1. The minimum Gasteiger partial charge on any atom is -0.488 e. The fourth-order valence-corrected chi connectivity index (χ4v) is 4.90. The number of aromatic nitrogens is 2. The Bertz CT molecular complexity index is 1440. The highest BCUT2D eigenvalue weighted by Gasteiger charge is 2.26. The lowest BCUT2D eigenvalue weighted by Gasteiger charge is -2.14. The third kappa shape index (κ3) is 5.39. The number of hydrogen-bond donors (Lipinski definition) is 1. The van der Waals surface area contributed by atoms with Crippen LogP contribution in [0.15, 0.2) is 54.1 Å². The highest BCUT2D eigenvalue weighted by Crippen LogP contribution is 2.32. The monoisotopic (exact) mass is 512 g/mol. The van der Waals surface area contributed by atoms with E-state index in [1.54, 1.807) is 44.2 Å². The molecule has 0 aliphatic rings. The number of allylic oxidation sites excluding steroid dienone is 1. The Balaban J connectivity index is 1.86. The number of ether oxygens (including phenoxy) is 2. The van der Waals surface area contributed by atoms with Gasteiger partial charge in [0.05, 0.1) is 30.5 Å². The molecule has 1 N–H and O–H groups in total. The number of carboxylic acid groups (broad SMARTS) is 1. The molecule has 2 aromatic heterocycles. The van der Waals surface area contributed by atoms with Crippen molar-refractivity contribution in [2.45, 2.75) is 26.4 Å². The summed E-state index contributed by atoms with van der Waals surface area (Å²) >= 11 is 2.31. The number of halogens is 1. The molecule has 0 radical (unpaired) electrons.